The molecule has 0 aliphatic heterocycles. The van der Waals surface area contributed by atoms with Gasteiger partial charge in [-0.05, 0) is 31.9 Å². The van der Waals surface area contributed by atoms with Crippen molar-refractivity contribution in [2.75, 3.05) is 0 Å². The molecule has 0 aliphatic carbocycles. The number of rotatable bonds is 5. The quantitative estimate of drug-likeness (QED) is 0.838. The smallest absolute Gasteiger partial charge is 0.143 e. The van der Waals surface area contributed by atoms with Gasteiger partial charge in [-0.1, -0.05) is 13.0 Å². The maximum Gasteiger partial charge on any atom is 0.143 e. The second-order valence-corrected chi connectivity index (χ2v) is 5.18. The lowest BCUT2D eigenvalue weighted by Gasteiger charge is -2.03. The summed E-state index contributed by atoms with van der Waals surface area (Å²) in [6.45, 7) is 6.04. The molecule has 4 nitrogen and oxygen atoms in total. The maximum atomic E-state index is 12.2. The predicted octanol–water partition coefficient (Wildman–Crippen LogP) is 2.35. The number of nitrogens with zero attached hydrogens (tertiary/aromatic N) is 3. The van der Waals surface area contributed by atoms with Crippen LogP contribution in [0.25, 0.3) is 0 Å². The van der Waals surface area contributed by atoms with Crippen molar-refractivity contribution in [2.45, 2.75) is 40.0 Å². The van der Waals surface area contributed by atoms with Crippen molar-refractivity contribution in [3.05, 3.63) is 46.5 Å². The topological polar surface area (TPSA) is 47.8 Å². The summed E-state index contributed by atoms with van der Waals surface area (Å²) in [6, 6.07) is 3.98. The summed E-state index contributed by atoms with van der Waals surface area (Å²) >= 11 is 0. The number of aryl methyl sites for hydroxylation is 3. The molecule has 0 amide bonds. The van der Waals surface area contributed by atoms with E-state index in [4.69, 9.17) is 0 Å². The van der Waals surface area contributed by atoms with E-state index in [2.05, 4.69) is 17.0 Å². The lowest BCUT2D eigenvalue weighted by molar-refractivity contribution is -0.117. The molecule has 0 atom stereocenters. The fourth-order valence-electron chi connectivity index (χ4n) is 2.30. The van der Waals surface area contributed by atoms with Crippen LogP contribution in [0.1, 0.15) is 35.1 Å². The van der Waals surface area contributed by atoms with Crippen molar-refractivity contribution in [1.29, 1.82) is 0 Å². The Morgan fingerprint density at radius 3 is 2.50 bits per heavy atom. The first-order valence-corrected chi connectivity index (χ1v) is 6.95. The summed E-state index contributed by atoms with van der Waals surface area (Å²) in [5.41, 5.74) is 5.08. The molecular formula is C16H21N3O. The van der Waals surface area contributed by atoms with E-state index in [9.17, 15) is 4.79 Å². The highest BCUT2D eigenvalue weighted by Gasteiger charge is 2.14. The van der Waals surface area contributed by atoms with Gasteiger partial charge in [0.05, 0.1) is 5.69 Å². The second-order valence-electron chi connectivity index (χ2n) is 5.18. The Morgan fingerprint density at radius 1 is 1.25 bits per heavy atom. The monoisotopic (exact) mass is 271 g/mol. The van der Waals surface area contributed by atoms with Gasteiger partial charge in [-0.25, -0.2) is 0 Å². The minimum Gasteiger partial charge on any atom is -0.299 e. The van der Waals surface area contributed by atoms with E-state index in [1.54, 1.807) is 0 Å². The molecule has 0 aromatic carbocycles. The third-order valence-electron chi connectivity index (χ3n) is 3.71. The highest BCUT2D eigenvalue weighted by molar-refractivity contribution is 5.83. The first-order valence-electron chi connectivity index (χ1n) is 6.95. The van der Waals surface area contributed by atoms with Crippen LogP contribution < -0.4 is 0 Å². The van der Waals surface area contributed by atoms with Crippen LogP contribution in [0.3, 0.4) is 0 Å². The number of carbonyl (C=O) groups is 1. The Balaban J connectivity index is 2.05. The Hall–Kier alpha value is -1.97. The molecule has 0 unspecified atom stereocenters. The average Bonchev–Trinajstić information content (AvgIpc) is 2.66. The van der Waals surface area contributed by atoms with Crippen molar-refractivity contribution in [3.63, 3.8) is 0 Å². The van der Waals surface area contributed by atoms with Gasteiger partial charge >= 0.3 is 0 Å². The van der Waals surface area contributed by atoms with E-state index in [1.165, 1.54) is 5.56 Å². The minimum absolute atomic E-state index is 0.181. The van der Waals surface area contributed by atoms with Gasteiger partial charge in [-0.2, -0.15) is 5.10 Å². The van der Waals surface area contributed by atoms with Gasteiger partial charge in [0.25, 0.3) is 0 Å². The van der Waals surface area contributed by atoms with Gasteiger partial charge in [0.1, 0.15) is 5.78 Å². The van der Waals surface area contributed by atoms with Crippen molar-refractivity contribution in [1.82, 2.24) is 14.8 Å². The zero-order valence-corrected chi connectivity index (χ0v) is 12.6. The summed E-state index contributed by atoms with van der Waals surface area (Å²) < 4.78 is 1.83. The van der Waals surface area contributed by atoms with Gasteiger partial charge in [0, 0.05) is 43.0 Å². The Bertz CT molecular complexity index is 611. The highest BCUT2D eigenvalue weighted by Crippen LogP contribution is 2.14. The van der Waals surface area contributed by atoms with Gasteiger partial charge < -0.3 is 0 Å². The van der Waals surface area contributed by atoms with E-state index in [0.717, 1.165) is 29.1 Å². The molecule has 0 radical (unpaired) electrons. The Labute approximate surface area is 119 Å². The van der Waals surface area contributed by atoms with Crippen molar-refractivity contribution in [2.24, 2.45) is 7.05 Å². The van der Waals surface area contributed by atoms with Gasteiger partial charge in [0.15, 0.2) is 0 Å². The lowest BCUT2D eigenvalue weighted by atomic mass is 10.0. The molecule has 0 saturated heterocycles. The van der Waals surface area contributed by atoms with Crippen molar-refractivity contribution in [3.8, 4) is 0 Å². The van der Waals surface area contributed by atoms with E-state index >= 15 is 0 Å². The van der Waals surface area contributed by atoms with E-state index in [1.807, 2.05) is 43.9 Å². The first kappa shape index (κ1) is 14.4. The number of carbonyl (C=O) groups excluding carboxylic acids is 1. The predicted molar refractivity (Wildman–Crippen MR) is 78.7 cm³/mol. The number of hydrogen-bond acceptors (Lipinski definition) is 3. The number of Topliss-reactive ketones (excluding diaryl/α,β-unsaturated/α-hetero) is 1. The molecule has 20 heavy (non-hydrogen) atoms. The molecule has 0 aliphatic rings. The zero-order valence-electron chi connectivity index (χ0n) is 12.6. The highest BCUT2D eigenvalue weighted by atomic mass is 16.1. The second kappa shape index (κ2) is 5.99. The summed E-state index contributed by atoms with van der Waals surface area (Å²) in [5.74, 6) is 0.181. The molecule has 2 aromatic heterocycles. The number of pyridine rings is 1. The standard InChI is InChI=1S/C16H21N3O/c1-5-13-6-7-14(17-10-13)8-15(20)9-16-11(2)18-19(4)12(16)3/h6-7,10H,5,8-9H2,1-4H3. The summed E-state index contributed by atoms with van der Waals surface area (Å²) in [5, 5.41) is 4.34. The molecule has 2 aromatic rings. The molecule has 0 saturated carbocycles. The number of ketones is 1. The normalized spacial score (nSPS) is 10.8. The molecule has 4 heteroatoms. The minimum atomic E-state index is 0.181. The fourth-order valence-corrected chi connectivity index (χ4v) is 2.30. The van der Waals surface area contributed by atoms with E-state index in [0.29, 0.717) is 12.8 Å². The molecule has 0 spiro atoms. The van der Waals surface area contributed by atoms with Crippen LogP contribution in [0, 0.1) is 13.8 Å². The summed E-state index contributed by atoms with van der Waals surface area (Å²) in [6.07, 6.45) is 3.64. The van der Waals surface area contributed by atoms with Crippen LogP contribution in [-0.2, 0) is 31.1 Å². The SMILES string of the molecule is CCc1ccc(CC(=O)Cc2c(C)nn(C)c2C)nc1. The molecule has 106 valence electrons. The van der Waals surface area contributed by atoms with Crippen molar-refractivity contribution >= 4 is 5.78 Å². The van der Waals surface area contributed by atoms with E-state index in [-0.39, 0.29) is 5.78 Å². The van der Waals surface area contributed by atoms with Crippen LogP contribution in [0.2, 0.25) is 0 Å². The maximum absolute atomic E-state index is 12.2. The fraction of sp³-hybridized carbons (Fsp3) is 0.438. The molecule has 0 N–H and O–H groups in total. The van der Waals surface area contributed by atoms with Crippen LogP contribution in [0.15, 0.2) is 18.3 Å². The van der Waals surface area contributed by atoms with Gasteiger partial charge in [-0.15, -0.1) is 0 Å². The van der Waals surface area contributed by atoms with Gasteiger partial charge in [0.2, 0.25) is 0 Å². The Kier molecular flexibility index (Phi) is 4.32. The van der Waals surface area contributed by atoms with Crippen molar-refractivity contribution < 1.29 is 4.79 Å². The molecule has 0 fully saturated rings. The van der Waals surface area contributed by atoms with Crippen LogP contribution >= 0.6 is 0 Å². The molecular weight excluding hydrogens is 250 g/mol. The molecule has 2 heterocycles. The average molecular weight is 271 g/mol. The largest absolute Gasteiger partial charge is 0.299 e. The van der Waals surface area contributed by atoms with Crippen LogP contribution in [0.4, 0.5) is 0 Å². The third kappa shape index (κ3) is 3.13. The summed E-state index contributed by atoms with van der Waals surface area (Å²) in [7, 11) is 1.90. The molecule has 0 bridgehead atoms. The number of hydrogen-bond donors (Lipinski definition) is 0. The first-order chi connectivity index (χ1) is 9.51. The summed E-state index contributed by atoms with van der Waals surface area (Å²) in [4.78, 5) is 16.5. The molecule has 2 rings (SSSR count). The van der Waals surface area contributed by atoms with Crippen LogP contribution in [0.5, 0.6) is 0 Å². The Morgan fingerprint density at radius 2 is 2.00 bits per heavy atom. The third-order valence-corrected chi connectivity index (χ3v) is 3.71. The van der Waals surface area contributed by atoms with Gasteiger partial charge in [-0.3, -0.25) is 14.5 Å². The van der Waals surface area contributed by atoms with E-state index < -0.39 is 0 Å². The number of aromatic nitrogens is 3. The lowest BCUT2D eigenvalue weighted by Crippen LogP contribution is -2.09. The zero-order chi connectivity index (χ0) is 14.7. The van der Waals surface area contributed by atoms with Crippen LogP contribution in [-0.4, -0.2) is 20.5 Å².